The summed E-state index contributed by atoms with van der Waals surface area (Å²) in [7, 11) is 0. The standard InChI is InChI=1S/C39H25N3Se/c1-4-12-26(13-5-1)27-20-22-29(23-21-27)35-25-34(28-14-6-2-7-15-28)40-38(41-35)33-24-36-37(32-19-11-10-18-31(32)33)43-39(42-36)30-16-8-3-9-17-30/h1-25H. The van der Waals surface area contributed by atoms with Crippen LogP contribution in [0.3, 0.4) is 0 Å². The Kier molecular flexibility index (Phi) is 6.49. The Morgan fingerprint density at radius 2 is 0.884 bits per heavy atom. The number of nitrogens with zero attached hydrogens (tertiary/aromatic N) is 3. The maximum absolute atomic E-state index is 5.20. The molecule has 0 saturated carbocycles. The Balaban J connectivity index is 1.32. The van der Waals surface area contributed by atoms with E-state index in [0.29, 0.717) is 5.82 Å². The van der Waals surface area contributed by atoms with E-state index in [1.807, 2.05) is 12.1 Å². The van der Waals surface area contributed by atoms with E-state index < -0.39 is 0 Å². The van der Waals surface area contributed by atoms with Gasteiger partial charge in [0, 0.05) is 0 Å². The van der Waals surface area contributed by atoms with Crippen LogP contribution in [0.5, 0.6) is 0 Å². The van der Waals surface area contributed by atoms with Crippen molar-refractivity contribution in [2.45, 2.75) is 0 Å². The molecule has 0 N–H and O–H groups in total. The topological polar surface area (TPSA) is 38.7 Å². The van der Waals surface area contributed by atoms with Gasteiger partial charge in [-0.15, -0.1) is 0 Å². The van der Waals surface area contributed by atoms with Crippen molar-refractivity contribution >= 4 is 35.1 Å². The Bertz CT molecular complexity index is 2210. The maximum atomic E-state index is 5.20. The van der Waals surface area contributed by atoms with Crippen molar-refractivity contribution < 1.29 is 0 Å². The van der Waals surface area contributed by atoms with Gasteiger partial charge in [0.05, 0.1) is 0 Å². The van der Waals surface area contributed by atoms with Gasteiger partial charge in [0.15, 0.2) is 0 Å². The SMILES string of the molecule is c1ccc(-c2ccc(-c3cc(-c4ccccc4)nc(-c4cc5nc(-c6ccccc6)[se]c5c5ccccc45)n3)cc2)cc1. The number of fused-ring (bicyclic) bond motifs is 3. The molecule has 0 spiro atoms. The number of benzene rings is 6. The average molecular weight is 615 g/mol. The van der Waals surface area contributed by atoms with Crippen LogP contribution in [0.1, 0.15) is 0 Å². The first kappa shape index (κ1) is 25.6. The summed E-state index contributed by atoms with van der Waals surface area (Å²) in [6, 6.07) is 52.9. The molecule has 0 aliphatic carbocycles. The molecule has 0 bridgehead atoms. The predicted molar refractivity (Wildman–Crippen MR) is 179 cm³/mol. The Hall–Kier alpha value is -5.15. The summed E-state index contributed by atoms with van der Waals surface area (Å²) in [6.07, 6.45) is 0. The van der Waals surface area contributed by atoms with Gasteiger partial charge < -0.3 is 0 Å². The molecular weight excluding hydrogens is 589 g/mol. The molecule has 0 atom stereocenters. The largest absolute Gasteiger partial charge is 0.0617 e. The van der Waals surface area contributed by atoms with Gasteiger partial charge in [-0.2, -0.15) is 0 Å². The van der Waals surface area contributed by atoms with Crippen LogP contribution in [0, 0.1) is 0 Å². The van der Waals surface area contributed by atoms with Gasteiger partial charge in [0.2, 0.25) is 0 Å². The van der Waals surface area contributed by atoms with Crippen molar-refractivity contribution in [1.82, 2.24) is 15.0 Å². The first-order chi connectivity index (χ1) is 21.3. The quantitative estimate of drug-likeness (QED) is 0.181. The van der Waals surface area contributed by atoms with E-state index in [0.717, 1.165) is 43.5 Å². The monoisotopic (exact) mass is 615 g/mol. The summed E-state index contributed by atoms with van der Waals surface area (Å²) >= 11 is 0.118. The fraction of sp³-hybridized carbons (Fsp3) is 0. The van der Waals surface area contributed by atoms with Crippen LogP contribution in [-0.2, 0) is 0 Å². The Labute approximate surface area is 255 Å². The molecule has 43 heavy (non-hydrogen) atoms. The van der Waals surface area contributed by atoms with Crippen LogP contribution >= 0.6 is 0 Å². The molecule has 0 aliphatic rings. The van der Waals surface area contributed by atoms with Gasteiger partial charge in [-0.25, -0.2) is 0 Å². The smallest absolute Gasteiger partial charge is 0.0544 e. The number of aromatic nitrogens is 3. The van der Waals surface area contributed by atoms with Gasteiger partial charge in [0.1, 0.15) is 0 Å². The fourth-order valence-electron chi connectivity index (χ4n) is 5.58. The summed E-state index contributed by atoms with van der Waals surface area (Å²) in [6.45, 7) is 0. The minimum Gasteiger partial charge on any atom is -0.0617 e. The molecule has 4 heteroatoms. The molecule has 0 radical (unpaired) electrons. The minimum absolute atomic E-state index is 0.118. The summed E-state index contributed by atoms with van der Waals surface area (Å²) < 4.78 is 2.48. The zero-order valence-corrected chi connectivity index (χ0v) is 24.9. The third kappa shape index (κ3) is 4.87. The van der Waals surface area contributed by atoms with E-state index in [1.54, 1.807) is 0 Å². The fourth-order valence-corrected chi connectivity index (χ4v) is 7.86. The average Bonchev–Trinajstić information content (AvgIpc) is 3.54. The van der Waals surface area contributed by atoms with Crippen molar-refractivity contribution in [1.29, 1.82) is 0 Å². The van der Waals surface area contributed by atoms with Gasteiger partial charge in [-0.3, -0.25) is 0 Å². The molecular formula is C39H25N3Se. The summed E-state index contributed by atoms with van der Waals surface area (Å²) in [5, 5.41) is 2.38. The molecule has 8 rings (SSSR count). The van der Waals surface area contributed by atoms with E-state index in [2.05, 4.69) is 140 Å². The van der Waals surface area contributed by atoms with E-state index >= 15 is 0 Å². The molecule has 3 nitrogen and oxygen atoms in total. The van der Waals surface area contributed by atoms with E-state index in [4.69, 9.17) is 15.0 Å². The Morgan fingerprint density at radius 3 is 1.53 bits per heavy atom. The second-order valence-corrected chi connectivity index (χ2v) is 12.6. The van der Waals surface area contributed by atoms with Crippen LogP contribution in [-0.4, -0.2) is 29.5 Å². The Morgan fingerprint density at radius 1 is 0.395 bits per heavy atom. The zero-order valence-electron chi connectivity index (χ0n) is 23.2. The first-order valence-electron chi connectivity index (χ1n) is 14.3. The zero-order chi connectivity index (χ0) is 28.6. The van der Waals surface area contributed by atoms with E-state index in [1.165, 1.54) is 26.3 Å². The predicted octanol–water partition coefficient (Wildman–Crippen LogP) is 9.57. The van der Waals surface area contributed by atoms with E-state index in [9.17, 15) is 0 Å². The van der Waals surface area contributed by atoms with Crippen LogP contribution in [0.4, 0.5) is 0 Å². The van der Waals surface area contributed by atoms with Crippen molar-refractivity contribution in [3.8, 4) is 55.2 Å². The molecule has 0 aliphatic heterocycles. The third-order valence-corrected chi connectivity index (χ3v) is 10.2. The van der Waals surface area contributed by atoms with Crippen LogP contribution < -0.4 is 0 Å². The maximum Gasteiger partial charge on any atom is -0.0544 e. The molecule has 202 valence electrons. The second kappa shape index (κ2) is 10.9. The van der Waals surface area contributed by atoms with Crippen molar-refractivity contribution in [3.63, 3.8) is 0 Å². The molecule has 0 unspecified atom stereocenters. The van der Waals surface area contributed by atoms with E-state index in [-0.39, 0.29) is 14.5 Å². The number of rotatable bonds is 5. The summed E-state index contributed by atoms with van der Waals surface area (Å²) in [5.41, 5.74) is 9.50. The van der Waals surface area contributed by atoms with Gasteiger partial charge in [-0.1, -0.05) is 30.3 Å². The minimum atomic E-state index is 0.118. The normalized spacial score (nSPS) is 11.3. The number of hydrogen-bond acceptors (Lipinski definition) is 3. The van der Waals surface area contributed by atoms with Gasteiger partial charge in [-0.05, 0) is 0 Å². The molecule has 2 heterocycles. The molecule has 2 aromatic heterocycles. The molecule has 0 amide bonds. The third-order valence-electron chi connectivity index (χ3n) is 7.74. The van der Waals surface area contributed by atoms with Crippen LogP contribution in [0.15, 0.2) is 152 Å². The second-order valence-electron chi connectivity index (χ2n) is 10.5. The van der Waals surface area contributed by atoms with Gasteiger partial charge in [0.25, 0.3) is 0 Å². The molecule has 0 saturated heterocycles. The van der Waals surface area contributed by atoms with Crippen molar-refractivity contribution in [2.75, 3.05) is 0 Å². The molecule has 6 aromatic carbocycles. The number of hydrogen-bond donors (Lipinski definition) is 0. The van der Waals surface area contributed by atoms with Crippen molar-refractivity contribution in [3.05, 3.63) is 152 Å². The van der Waals surface area contributed by atoms with Gasteiger partial charge >= 0.3 is 226 Å². The van der Waals surface area contributed by atoms with Crippen molar-refractivity contribution in [2.24, 2.45) is 0 Å². The summed E-state index contributed by atoms with van der Waals surface area (Å²) in [4.78, 5) is 15.5. The molecule has 0 fully saturated rings. The van der Waals surface area contributed by atoms with Crippen LogP contribution in [0.2, 0.25) is 0 Å². The first-order valence-corrected chi connectivity index (χ1v) is 16.0. The van der Waals surface area contributed by atoms with Crippen LogP contribution in [0.25, 0.3) is 75.7 Å². The molecule has 8 aromatic rings. The summed E-state index contributed by atoms with van der Waals surface area (Å²) in [5.74, 6) is 0.707.